The molecule has 1 aliphatic heterocycles. The van der Waals surface area contributed by atoms with Crippen LogP contribution in [-0.4, -0.2) is 43.8 Å². The monoisotopic (exact) mass is 425 g/mol. The molecule has 0 bridgehead atoms. The highest BCUT2D eigenvalue weighted by Gasteiger charge is 2.42. The normalized spacial score (nSPS) is 20.2. The van der Waals surface area contributed by atoms with Crippen LogP contribution in [0.3, 0.4) is 0 Å². The van der Waals surface area contributed by atoms with Gasteiger partial charge >= 0.3 is 0 Å². The Bertz CT molecular complexity index is 880. The second-order valence-electron chi connectivity index (χ2n) is 9.06. The Labute approximate surface area is 186 Å². The molecule has 0 aliphatic carbocycles. The van der Waals surface area contributed by atoms with Gasteiger partial charge in [-0.3, -0.25) is 4.79 Å². The van der Waals surface area contributed by atoms with Gasteiger partial charge in [0.15, 0.2) is 11.5 Å². The molecule has 1 amide bonds. The number of hydrogen-bond acceptors (Lipinski definition) is 4. The summed E-state index contributed by atoms with van der Waals surface area (Å²) in [5.74, 6) is 1.44. The minimum Gasteiger partial charge on any atom is -0.493 e. The molecule has 1 heterocycles. The smallest absolute Gasteiger partial charge is 0.219 e. The first-order valence-corrected chi connectivity index (χ1v) is 10.9. The van der Waals surface area contributed by atoms with E-state index < -0.39 is 0 Å². The number of benzene rings is 2. The SMILES string of the molecule is COc1ccc(CN(CC[C@]2(c3ccccc3)CCOC(C)(C)C2)C(C)=O)cc1OC. The summed E-state index contributed by atoms with van der Waals surface area (Å²) >= 11 is 0. The van der Waals surface area contributed by atoms with Gasteiger partial charge in [0.25, 0.3) is 0 Å². The van der Waals surface area contributed by atoms with Crippen molar-refractivity contribution in [3.63, 3.8) is 0 Å². The van der Waals surface area contributed by atoms with Crippen LogP contribution in [0.5, 0.6) is 11.5 Å². The van der Waals surface area contributed by atoms with Gasteiger partial charge in [0.1, 0.15) is 0 Å². The number of methoxy groups -OCH3 is 2. The molecular weight excluding hydrogens is 390 g/mol. The molecule has 5 nitrogen and oxygen atoms in total. The average Bonchev–Trinajstić information content (AvgIpc) is 2.76. The maximum absolute atomic E-state index is 12.5. The molecule has 0 N–H and O–H groups in total. The molecule has 2 aromatic carbocycles. The number of carbonyl (C=O) groups is 1. The van der Waals surface area contributed by atoms with E-state index in [0.717, 1.165) is 31.4 Å². The molecule has 0 radical (unpaired) electrons. The van der Waals surface area contributed by atoms with Crippen molar-refractivity contribution in [3.8, 4) is 11.5 Å². The summed E-state index contributed by atoms with van der Waals surface area (Å²) in [6.45, 7) is 7.93. The van der Waals surface area contributed by atoms with E-state index in [-0.39, 0.29) is 16.9 Å². The van der Waals surface area contributed by atoms with Crippen molar-refractivity contribution in [1.82, 2.24) is 4.90 Å². The van der Waals surface area contributed by atoms with Gasteiger partial charge in [-0.1, -0.05) is 36.4 Å². The highest BCUT2D eigenvalue weighted by molar-refractivity contribution is 5.73. The van der Waals surface area contributed by atoms with Crippen LogP contribution in [0, 0.1) is 0 Å². The fourth-order valence-corrected chi connectivity index (χ4v) is 4.77. The van der Waals surface area contributed by atoms with Crippen molar-refractivity contribution in [1.29, 1.82) is 0 Å². The number of amides is 1. The van der Waals surface area contributed by atoms with Crippen LogP contribution in [0.15, 0.2) is 48.5 Å². The lowest BCUT2D eigenvalue weighted by atomic mass is 9.67. The number of nitrogens with zero attached hydrogens (tertiary/aromatic N) is 1. The Balaban J connectivity index is 1.81. The molecule has 0 saturated carbocycles. The summed E-state index contributed by atoms with van der Waals surface area (Å²) in [6, 6.07) is 16.5. The summed E-state index contributed by atoms with van der Waals surface area (Å²) in [5.41, 5.74) is 2.17. The minimum absolute atomic E-state index is 0.00565. The van der Waals surface area contributed by atoms with E-state index in [2.05, 4.69) is 44.2 Å². The highest BCUT2D eigenvalue weighted by Crippen LogP contribution is 2.44. The maximum atomic E-state index is 12.5. The molecule has 5 heteroatoms. The van der Waals surface area contributed by atoms with Gasteiger partial charge in [-0.25, -0.2) is 0 Å². The van der Waals surface area contributed by atoms with E-state index in [4.69, 9.17) is 14.2 Å². The third-order valence-corrected chi connectivity index (χ3v) is 6.35. The molecule has 3 rings (SSSR count). The van der Waals surface area contributed by atoms with Crippen molar-refractivity contribution in [2.24, 2.45) is 0 Å². The highest BCUT2D eigenvalue weighted by atomic mass is 16.5. The second-order valence-corrected chi connectivity index (χ2v) is 9.06. The summed E-state index contributed by atoms with van der Waals surface area (Å²) in [6.07, 6.45) is 2.80. The fourth-order valence-electron chi connectivity index (χ4n) is 4.77. The van der Waals surface area contributed by atoms with Gasteiger partial charge in [0, 0.05) is 32.0 Å². The Kier molecular flexibility index (Phi) is 7.26. The minimum atomic E-state index is -0.182. The van der Waals surface area contributed by atoms with Gasteiger partial charge in [-0.2, -0.15) is 0 Å². The molecule has 2 aromatic rings. The van der Waals surface area contributed by atoms with Crippen LogP contribution < -0.4 is 9.47 Å². The lowest BCUT2D eigenvalue weighted by Crippen LogP contribution is -2.46. The van der Waals surface area contributed by atoms with Crippen molar-refractivity contribution < 1.29 is 19.0 Å². The predicted octanol–water partition coefficient (Wildman–Crippen LogP) is 4.97. The first-order chi connectivity index (χ1) is 14.8. The largest absolute Gasteiger partial charge is 0.493 e. The third kappa shape index (κ3) is 5.59. The quantitative estimate of drug-likeness (QED) is 0.599. The Morgan fingerprint density at radius 1 is 1.06 bits per heavy atom. The second kappa shape index (κ2) is 9.73. The molecule has 0 spiro atoms. The van der Waals surface area contributed by atoms with Crippen LogP contribution >= 0.6 is 0 Å². The lowest BCUT2D eigenvalue weighted by molar-refractivity contribution is -0.130. The number of ether oxygens (including phenoxy) is 3. The zero-order valence-electron chi connectivity index (χ0n) is 19.4. The topological polar surface area (TPSA) is 48.0 Å². The van der Waals surface area contributed by atoms with E-state index in [9.17, 15) is 4.79 Å². The van der Waals surface area contributed by atoms with Crippen LogP contribution in [-0.2, 0) is 21.5 Å². The molecule has 168 valence electrons. The standard InChI is InChI=1S/C26H35NO4/c1-20(28)27(18-21-11-12-23(29-4)24(17-21)30-5)15-13-26(22-9-7-6-8-10-22)14-16-31-25(2,3)19-26/h6-12,17H,13-16,18-19H2,1-5H3/t26-/m0/s1. The maximum Gasteiger partial charge on any atom is 0.219 e. The Morgan fingerprint density at radius 3 is 2.39 bits per heavy atom. The van der Waals surface area contributed by atoms with E-state index >= 15 is 0 Å². The van der Waals surface area contributed by atoms with Gasteiger partial charge in [-0.05, 0) is 56.4 Å². The number of rotatable bonds is 8. The Hall–Kier alpha value is -2.53. The van der Waals surface area contributed by atoms with Crippen molar-refractivity contribution in [2.45, 2.75) is 57.6 Å². The van der Waals surface area contributed by atoms with Crippen LogP contribution in [0.1, 0.15) is 51.2 Å². The molecular formula is C26H35NO4. The third-order valence-electron chi connectivity index (χ3n) is 6.35. The molecule has 0 aromatic heterocycles. The average molecular weight is 426 g/mol. The summed E-state index contributed by atoms with van der Waals surface area (Å²) in [7, 11) is 3.25. The molecule has 1 aliphatic rings. The molecule has 1 atom stereocenters. The van der Waals surface area contributed by atoms with Crippen LogP contribution in [0.25, 0.3) is 0 Å². The Morgan fingerprint density at radius 2 is 1.77 bits per heavy atom. The van der Waals surface area contributed by atoms with Gasteiger partial charge in [-0.15, -0.1) is 0 Å². The van der Waals surface area contributed by atoms with Gasteiger partial charge in [0.05, 0.1) is 19.8 Å². The van der Waals surface area contributed by atoms with Crippen LogP contribution in [0.2, 0.25) is 0 Å². The van der Waals surface area contributed by atoms with Crippen LogP contribution in [0.4, 0.5) is 0 Å². The van der Waals surface area contributed by atoms with E-state index in [1.807, 2.05) is 23.1 Å². The fraction of sp³-hybridized carbons (Fsp3) is 0.500. The number of carbonyl (C=O) groups excluding carboxylic acids is 1. The summed E-state index contributed by atoms with van der Waals surface area (Å²) < 4.78 is 16.8. The zero-order chi connectivity index (χ0) is 22.5. The van der Waals surface area contributed by atoms with Crippen molar-refractivity contribution in [3.05, 3.63) is 59.7 Å². The van der Waals surface area contributed by atoms with E-state index in [1.54, 1.807) is 21.1 Å². The zero-order valence-corrected chi connectivity index (χ0v) is 19.4. The molecule has 0 unspecified atom stereocenters. The number of hydrogen-bond donors (Lipinski definition) is 0. The van der Waals surface area contributed by atoms with Gasteiger partial charge in [0.2, 0.25) is 5.91 Å². The van der Waals surface area contributed by atoms with Gasteiger partial charge < -0.3 is 19.1 Å². The molecule has 1 fully saturated rings. The summed E-state index contributed by atoms with van der Waals surface area (Å²) in [5, 5.41) is 0. The summed E-state index contributed by atoms with van der Waals surface area (Å²) in [4.78, 5) is 14.4. The predicted molar refractivity (Wildman–Crippen MR) is 123 cm³/mol. The first-order valence-electron chi connectivity index (χ1n) is 10.9. The lowest BCUT2D eigenvalue weighted by Gasteiger charge is -2.46. The first kappa shape index (κ1) is 23.1. The van der Waals surface area contributed by atoms with Crippen molar-refractivity contribution >= 4 is 5.91 Å². The molecule has 31 heavy (non-hydrogen) atoms. The van der Waals surface area contributed by atoms with E-state index in [0.29, 0.717) is 24.6 Å². The molecule has 1 saturated heterocycles. The van der Waals surface area contributed by atoms with Crippen molar-refractivity contribution in [2.75, 3.05) is 27.4 Å². The van der Waals surface area contributed by atoms with E-state index in [1.165, 1.54) is 5.56 Å².